The van der Waals surface area contributed by atoms with E-state index in [1.807, 2.05) is 12.1 Å². The van der Waals surface area contributed by atoms with Crippen LogP contribution >= 0.6 is 0 Å². The van der Waals surface area contributed by atoms with Crippen molar-refractivity contribution in [1.29, 1.82) is 0 Å². The summed E-state index contributed by atoms with van der Waals surface area (Å²) in [6.45, 7) is 0.663. The fourth-order valence-corrected chi connectivity index (χ4v) is 2.73. The Labute approximate surface area is 167 Å². The highest BCUT2D eigenvalue weighted by Gasteiger charge is 2.22. The molecular weight excluding hydrogens is 375 g/mol. The smallest absolute Gasteiger partial charge is 0.335 e. The van der Waals surface area contributed by atoms with Gasteiger partial charge in [0.15, 0.2) is 0 Å². The summed E-state index contributed by atoms with van der Waals surface area (Å²) in [5.41, 5.74) is 1.66. The van der Waals surface area contributed by atoms with E-state index in [0.717, 1.165) is 11.6 Å². The first kappa shape index (κ1) is 18.9. The van der Waals surface area contributed by atoms with Crippen LogP contribution in [-0.4, -0.2) is 27.7 Å². The average molecular weight is 394 g/mol. The molecule has 0 aliphatic heterocycles. The quantitative estimate of drug-likeness (QED) is 0.612. The van der Waals surface area contributed by atoms with Crippen molar-refractivity contribution in [1.82, 2.24) is 9.97 Å². The van der Waals surface area contributed by atoms with Crippen LogP contribution in [0.2, 0.25) is 0 Å². The van der Waals surface area contributed by atoms with Gasteiger partial charge in [0.05, 0.1) is 30.3 Å². The molecule has 0 unspecified atom stereocenters. The van der Waals surface area contributed by atoms with Crippen LogP contribution in [0, 0.1) is 11.7 Å². The molecule has 0 saturated heterocycles. The molecule has 29 heavy (non-hydrogen) atoms. The number of carboxylic acids is 1. The zero-order valence-electron chi connectivity index (χ0n) is 15.5. The molecule has 1 heterocycles. The molecule has 148 valence electrons. The third kappa shape index (κ3) is 4.87. The molecular formula is C22H19FN2O4. The number of aromatic carboxylic acids is 1. The SMILES string of the molecule is O=C(O)c1ccc(COc2cccc(-c3cnc(OCC4CC4)cn3)c2)c(F)c1. The fraction of sp³-hybridized carbons (Fsp3) is 0.227. The minimum Gasteiger partial charge on any atom is -0.489 e. The molecule has 7 heteroatoms. The van der Waals surface area contributed by atoms with E-state index in [0.29, 0.717) is 29.8 Å². The fourth-order valence-electron chi connectivity index (χ4n) is 2.73. The number of nitrogens with zero attached hydrogens (tertiary/aromatic N) is 2. The van der Waals surface area contributed by atoms with Gasteiger partial charge in [0.25, 0.3) is 0 Å². The van der Waals surface area contributed by atoms with Crippen LogP contribution in [0.25, 0.3) is 11.3 Å². The molecule has 2 aromatic carbocycles. The third-order valence-corrected chi connectivity index (χ3v) is 4.62. The number of hydrogen-bond donors (Lipinski definition) is 1. The molecule has 1 saturated carbocycles. The Morgan fingerprint density at radius 1 is 1.10 bits per heavy atom. The Bertz CT molecular complexity index is 1020. The summed E-state index contributed by atoms with van der Waals surface area (Å²) in [5.74, 6) is -0.0910. The summed E-state index contributed by atoms with van der Waals surface area (Å²) in [7, 11) is 0. The molecule has 1 N–H and O–H groups in total. The van der Waals surface area contributed by atoms with E-state index in [4.69, 9.17) is 14.6 Å². The van der Waals surface area contributed by atoms with Crippen LogP contribution in [0.5, 0.6) is 11.6 Å². The molecule has 6 nitrogen and oxygen atoms in total. The van der Waals surface area contributed by atoms with Gasteiger partial charge in [-0.2, -0.15) is 0 Å². The second kappa shape index (κ2) is 8.26. The molecule has 1 aliphatic carbocycles. The highest BCUT2D eigenvalue weighted by Crippen LogP contribution is 2.29. The Morgan fingerprint density at radius 2 is 1.97 bits per heavy atom. The van der Waals surface area contributed by atoms with Crippen molar-refractivity contribution in [2.45, 2.75) is 19.4 Å². The van der Waals surface area contributed by atoms with Gasteiger partial charge in [-0.05, 0) is 43.0 Å². The first-order valence-electron chi connectivity index (χ1n) is 9.28. The summed E-state index contributed by atoms with van der Waals surface area (Å²) < 4.78 is 25.3. The van der Waals surface area contributed by atoms with Crippen molar-refractivity contribution in [3.8, 4) is 22.9 Å². The van der Waals surface area contributed by atoms with Gasteiger partial charge in [-0.25, -0.2) is 19.2 Å². The van der Waals surface area contributed by atoms with Gasteiger partial charge in [0.1, 0.15) is 18.2 Å². The second-order valence-electron chi connectivity index (χ2n) is 6.92. The van der Waals surface area contributed by atoms with E-state index in [1.54, 1.807) is 24.5 Å². The number of carbonyl (C=O) groups is 1. The van der Waals surface area contributed by atoms with Gasteiger partial charge in [0.2, 0.25) is 5.88 Å². The first-order chi connectivity index (χ1) is 14.1. The highest BCUT2D eigenvalue weighted by molar-refractivity contribution is 5.87. The number of aromatic nitrogens is 2. The van der Waals surface area contributed by atoms with E-state index in [2.05, 4.69) is 9.97 Å². The molecule has 3 aromatic rings. The van der Waals surface area contributed by atoms with Crippen molar-refractivity contribution in [3.63, 3.8) is 0 Å². The number of rotatable bonds is 8. The van der Waals surface area contributed by atoms with Gasteiger partial charge in [0, 0.05) is 11.1 Å². The van der Waals surface area contributed by atoms with E-state index >= 15 is 0 Å². The molecule has 1 fully saturated rings. The van der Waals surface area contributed by atoms with Crippen molar-refractivity contribution in [2.24, 2.45) is 5.92 Å². The van der Waals surface area contributed by atoms with Gasteiger partial charge < -0.3 is 14.6 Å². The van der Waals surface area contributed by atoms with Crippen LogP contribution in [0.15, 0.2) is 54.9 Å². The van der Waals surface area contributed by atoms with Crippen LogP contribution in [0.3, 0.4) is 0 Å². The van der Waals surface area contributed by atoms with Crippen molar-refractivity contribution in [3.05, 3.63) is 71.8 Å². The van der Waals surface area contributed by atoms with Crippen molar-refractivity contribution in [2.75, 3.05) is 6.61 Å². The largest absolute Gasteiger partial charge is 0.489 e. The van der Waals surface area contributed by atoms with Crippen LogP contribution < -0.4 is 9.47 Å². The van der Waals surface area contributed by atoms with Gasteiger partial charge in [-0.1, -0.05) is 18.2 Å². The lowest BCUT2D eigenvalue weighted by molar-refractivity contribution is 0.0696. The molecule has 1 aliphatic rings. The molecule has 1 aromatic heterocycles. The van der Waals surface area contributed by atoms with E-state index in [9.17, 15) is 9.18 Å². The molecule has 0 spiro atoms. The molecule has 4 rings (SSSR count). The lowest BCUT2D eigenvalue weighted by Gasteiger charge is -2.09. The lowest BCUT2D eigenvalue weighted by atomic mass is 10.1. The number of benzene rings is 2. The summed E-state index contributed by atoms with van der Waals surface area (Å²) >= 11 is 0. The van der Waals surface area contributed by atoms with E-state index < -0.39 is 11.8 Å². The Hall–Kier alpha value is -3.48. The van der Waals surface area contributed by atoms with Crippen LogP contribution in [-0.2, 0) is 6.61 Å². The maximum Gasteiger partial charge on any atom is 0.335 e. The first-order valence-corrected chi connectivity index (χ1v) is 9.28. The molecule has 0 bridgehead atoms. The normalized spacial score (nSPS) is 13.1. The van der Waals surface area contributed by atoms with Crippen molar-refractivity contribution >= 4 is 5.97 Å². The Morgan fingerprint density at radius 3 is 2.66 bits per heavy atom. The van der Waals surface area contributed by atoms with Gasteiger partial charge >= 0.3 is 5.97 Å². The second-order valence-corrected chi connectivity index (χ2v) is 6.92. The van der Waals surface area contributed by atoms with E-state index in [1.165, 1.54) is 25.0 Å². The maximum atomic E-state index is 14.0. The van der Waals surface area contributed by atoms with Gasteiger partial charge in [-0.15, -0.1) is 0 Å². The van der Waals surface area contributed by atoms with Crippen LogP contribution in [0.4, 0.5) is 4.39 Å². The minimum absolute atomic E-state index is 0.0190. The predicted molar refractivity (Wildman–Crippen MR) is 103 cm³/mol. The number of carboxylic acid groups (broad SMARTS) is 1. The Balaban J connectivity index is 1.41. The van der Waals surface area contributed by atoms with Crippen molar-refractivity contribution < 1.29 is 23.8 Å². The average Bonchev–Trinajstić information content (AvgIpc) is 3.56. The van der Waals surface area contributed by atoms with E-state index in [-0.39, 0.29) is 17.7 Å². The number of halogens is 1. The zero-order chi connectivity index (χ0) is 20.2. The standard InChI is InChI=1S/C22H19FN2O4/c23-19-9-16(22(26)27)6-7-17(19)13-28-18-3-1-2-15(8-18)20-10-25-21(11-24-20)29-12-14-4-5-14/h1-3,6-11,14H,4-5,12-13H2,(H,26,27). The summed E-state index contributed by atoms with van der Waals surface area (Å²) in [6.07, 6.45) is 5.67. The molecule has 0 amide bonds. The Kier molecular flexibility index (Phi) is 5.37. The zero-order valence-corrected chi connectivity index (χ0v) is 15.5. The minimum atomic E-state index is -1.17. The maximum absolute atomic E-state index is 14.0. The predicted octanol–water partition coefficient (Wildman–Crippen LogP) is 4.35. The van der Waals surface area contributed by atoms with Crippen LogP contribution in [0.1, 0.15) is 28.8 Å². The third-order valence-electron chi connectivity index (χ3n) is 4.62. The number of ether oxygens (including phenoxy) is 2. The lowest BCUT2D eigenvalue weighted by Crippen LogP contribution is -2.02. The van der Waals surface area contributed by atoms with Gasteiger partial charge in [-0.3, -0.25) is 0 Å². The monoisotopic (exact) mass is 394 g/mol. The topological polar surface area (TPSA) is 81.5 Å². The summed E-state index contributed by atoms with van der Waals surface area (Å²) in [6, 6.07) is 11.0. The molecule has 0 atom stereocenters. The highest BCUT2D eigenvalue weighted by atomic mass is 19.1. The number of hydrogen-bond acceptors (Lipinski definition) is 5. The summed E-state index contributed by atoms with van der Waals surface area (Å²) in [4.78, 5) is 19.6. The summed E-state index contributed by atoms with van der Waals surface area (Å²) in [5, 5.41) is 8.90. The molecule has 0 radical (unpaired) electrons.